The Bertz CT molecular complexity index is 1140. The zero-order valence-electron chi connectivity index (χ0n) is 17.3. The van der Waals surface area contributed by atoms with Gasteiger partial charge in [0, 0.05) is 34.6 Å². The summed E-state index contributed by atoms with van der Waals surface area (Å²) in [5.41, 5.74) is 2.64. The van der Waals surface area contributed by atoms with Crippen molar-refractivity contribution in [1.29, 1.82) is 0 Å². The maximum absolute atomic E-state index is 13.0. The number of hydrogen-bond acceptors (Lipinski definition) is 4. The molecule has 3 aromatic rings. The van der Waals surface area contributed by atoms with Crippen LogP contribution in [-0.4, -0.2) is 32.6 Å². The molecule has 0 spiro atoms. The molecular weight excluding hydrogens is 380 g/mol. The lowest BCUT2D eigenvalue weighted by molar-refractivity contribution is 0.0990. The van der Waals surface area contributed by atoms with Gasteiger partial charge in [0.1, 0.15) is 11.5 Å². The third-order valence-electron chi connectivity index (χ3n) is 5.42. The Morgan fingerprint density at radius 2 is 1.90 bits per heavy atom. The van der Waals surface area contributed by atoms with Gasteiger partial charge in [0.2, 0.25) is 0 Å². The second kappa shape index (κ2) is 8.06. The van der Waals surface area contributed by atoms with Crippen LogP contribution in [0.1, 0.15) is 40.5 Å². The van der Waals surface area contributed by atoms with Crippen molar-refractivity contribution in [2.45, 2.75) is 19.8 Å². The maximum Gasteiger partial charge on any atom is 0.259 e. The van der Waals surface area contributed by atoms with E-state index in [1.165, 1.54) is 7.11 Å². The van der Waals surface area contributed by atoms with E-state index in [-0.39, 0.29) is 11.8 Å². The molecule has 1 aliphatic heterocycles. The van der Waals surface area contributed by atoms with Crippen LogP contribution >= 0.6 is 0 Å². The predicted octanol–water partition coefficient (Wildman–Crippen LogP) is 4.87. The van der Waals surface area contributed by atoms with Crippen LogP contribution in [0.4, 0.5) is 11.4 Å². The monoisotopic (exact) mass is 404 g/mol. The average Bonchev–Trinajstić information content (AvgIpc) is 3.05. The molecule has 0 saturated heterocycles. The second-order valence-electron chi connectivity index (χ2n) is 7.19. The number of carbonyl (C=O) groups is 2. The lowest BCUT2D eigenvalue weighted by Crippen LogP contribution is -2.27. The van der Waals surface area contributed by atoms with Gasteiger partial charge >= 0.3 is 0 Å². The number of benzene rings is 3. The van der Waals surface area contributed by atoms with E-state index in [4.69, 9.17) is 9.47 Å². The second-order valence-corrected chi connectivity index (χ2v) is 7.19. The molecule has 0 aliphatic carbocycles. The summed E-state index contributed by atoms with van der Waals surface area (Å²) < 4.78 is 10.6. The van der Waals surface area contributed by atoms with Gasteiger partial charge in [-0.3, -0.25) is 9.59 Å². The number of unbranched alkanes of at least 4 members (excludes halogenated alkanes) is 1. The minimum absolute atomic E-state index is 0.0179. The molecule has 3 aromatic carbocycles. The van der Waals surface area contributed by atoms with Crippen molar-refractivity contribution >= 4 is 34.0 Å². The summed E-state index contributed by atoms with van der Waals surface area (Å²) in [6.07, 6.45) is 1.96. The molecule has 4 rings (SSSR count). The Balaban J connectivity index is 1.72. The highest BCUT2D eigenvalue weighted by atomic mass is 16.5. The summed E-state index contributed by atoms with van der Waals surface area (Å²) >= 11 is 0. The molecule has 0 radical (unpaired) electrons. The Kier molecular flexibility index (Phi) is 5.31. The summed E-state index contributed by atoms with van der Waals surface area (Å²) in [4.78, 5) is 27.7. The number of methoxy groups -OCH3 is 2. The third kappa shape index (κ3) is 3.24. The molecule has 0 unspecified atom stereocenters. The number of rotatable bonds is 7. The van der Waals surface area contributed by atoms with Crippen LogP contribution in [0.25, 0.3) is 10.8 Å². The van der Waals surface area contributed by atoms with Crippen molar-refractivity contribution in [2.75, 3.05) is 31.0 Å². The molecule has 6 nitrogen and oxygen atoms in total. The predicted molar refractivity (Wildman–Crippen MR) is 118 cm³/mol. The van der Waals surface area contributed by atoms with Crippen LogP contribution < -0.4 is 19.7 Å². The Hall–Kier alpha value is -3.54. The van der Waals surface area contributed by atoms with Crippen molar-refractivity contribution in [3.05, 3.63) is 59.7 Å². The quantitative estimate of drug-likeness (QED) is 0.610. The number of amides is 2. The fourth-order valence-corrected chi connectivity index (χ4v) is 3.87. The van der Waals surface area contributed by atoms with Crippen molar-refractivity contribution < 1.29 is 19.1 Å². The van der Waals surface area contributed by atoms with Crippen LogP contribution in [-0.2, 0) is 0 Å². The van der Waals surface area contributed by atoms with Crippen LogP contribution in [0, 0.1) is 0 Å². The van der Waals surface area contributed by atoms with Crippen LogP contribution in [0.15, 0.2) is 48.5 Å². The van der Waals surface area contributed by atoms with Gasteiger partial charge in [-0.2, -0.15) is 0 Å². The fraction of sp³-hybridized carbons (Fsp3) is 0.250. The summed E-state index contributed by atoms with van der Waals surface area (Å²) in [6, 6.07) is 14.5. The first-order valence-electron chi connectivity index (χ1n) is 10.00. The number of carbonyl (C=O) groups excluding carboxylic acids is 2. The first-order valence-corrected chi connectivity index (χ1v) is 10.00. The van der Waals surface area contributed by atoms with E-state index >= 15 is 0 Å². The number of hydrogen-bond donors (Lipinski definition) is 1. The van der Waals surface area contributed by atoms with Crippen LogP contribution in [0.3, 0.4) is 0 Å². The van der Waals surface area contributed by atoms with Gasteiger partial charge in [-0.1, -0.05) is 25.5 Å². The molecule has 2 amide bonds. The first kappa shape index (κ1) is 19.8. The SMILES string of the molecule is CCCCN1C(=O)c2cccc3c(NC(=O)c4ccc(OC)cc4OC)ccc1c23. The van der Waals surface area contributed by atoms with Crippen molar-refractivity contribution in [3.63, 3.8) is 0 Å². The van der Waals surface area contributed by atoms with Gasteiger partial charge in [-0.25, -0.2) is 0 Å². The van der Waals surface area contributed by atoms with Crippen molar-refractivity contribution in [1.82, 2.24) is 0 Å². The molecule has 154 valence electrons. The molecule has 0 saturated carbocycles. The molecule has 0 bridgehead atoms. The molecule has 0 aromatic heterocycles. The zero-order valence-corrected chi connectivity index (χ0v) is 17.3. The summed E-state index contributed by atoms with van der Waals surface area (Å²) in [6.45, 7) is 2.79. The molecule has 1 heterocycles. The molecule has 1 aliphatic rings. The Labute approximate surface area is 175 Å². The van der Waals surface area contributed by atoms with E-state index in [0.29, 0.717) is 34.9 Å². The number of anilines is 2. The zero-order chi connectivity index (χ0) is 21.3. The van der Waals surface area contributed by atoms with Gasteiger partial charge in [-0.15, -0.1) is 0 Å². The summed E-state index contributed by atoms with van der Waals surface area (Å²) in [7, 11) is 3.08. The van der Waals surface area contributed by atoms with Gasteiger partial charge in [0.05, 0.1) is 25.5 Å². The molecule has 1 N–H and O–H groups in total. The van der Waals surface area contributed by atoms with Gasteiger partial charge < -0.3 is 19.7 Å². The van der Waals surface area contributed by atoms with Gasteiger partial charge in [-0.05, 0) is 36.8 Å². The summed E-state index contributed by atoms with van der Waals surface area (Å²) in [5, 5.41) is 4.71. The highest BCUT2D eigenvalue weighted by molar-refractivity contribution is 6.27. The smallest absolute Gasteiger partial charge is 0.259 e. The van der Waals surface area contributed by atoms with E-state index in [2.05, 4.69) is 12.2 Å². The van der Waals surface area contributed by atoms with E-state index in [9.17, 15) is 9.59 Å². The Morgan fingerprint density at radius 1 is 1.07 bits per heavy atom. The lowest BCUT2D eigenvalue weighted by atomic mass is 10.0. The minimum atomic E-state index is -0.289. The average molecular weight is 404 g/mol. The van der Waals surface area contributed by atoms with Gasteiger partial charge in [0.15, 0.2) is 0 Å². The van der Waals surface area contributed by atoms with E-state index in [1.807, 2.05) is 35.2 Å². The topological polar surface area (TPSA) is 67.9 Å². The van der Waals surface area contributed by atoms with Crippen molar-refractivity contribution in [2.24, 2.45) is 0 Å². The van der Waals surface area contributed by atoms with E-state index in [1.54, 1.807) is 25.3 Å². The highest BCUT2D eigenvalue weighted by Crippen LogP contribution is 2.41. The highest BCUT2D eigenvalue weighted by Gasteiger charge is 2.30. The summed E-state index contributed by atoms with van der Waals surface area (Å²) in [5.74, 6) is 0.768. The van der Waals surface area contributed by atoms with E-state index < -0.39 is 0 Å². The fourth-order valence-electron chi connectivity index (χ4n) is 3.87. The Morgan fingerprint density at radius 3 is 2.63 bits per heavy atom. The van der Waals surface area contributed by atoms with E-state index in [0.717, 1.165) is 29.3 Å². The largest absolute Gasteiger partial charge is 0.497 e. The standard InChI is InChI=1S/C24H24N2O4/c1-4-5-13-26-20-12-11-19(16-7-6-8-18(22(16)20)24(26)28)25-23(27)17-10-9-15(29-2)14-21(17)30-3/h6-12,14H,4-5,13H2,1-3H3,(H,25,27). The van der Waals surface area contributed by atoms with Crippen LogP contribution in [0.2, 0.25) is 0 Å². The van der Waals surface area contributed by atoms with Gasteiger partial charge in [0.25, 0.3) is 11.8 Å². The molecule has 30 heavy (non-hydrogen) atoms. The first-order chi connectivity index (χ1) is 14.6. The maximum atomic E-state index is 13.0. The minimum Gasteiger partial charge on any atom is -0.497 e. The molecular formula is C24H24N2O4. The lowest BCUT2D eigenvalue weighted by Gasteiger charge is -2.18. The van der Waals surface area contributed by atoms with Crippen LogP contribution in [0.5, 0.6) is 11.5 Å². The number of ether oxygens (including phenoxy) is 2. The third-order valence-corrected chi connectivity index (χ3v) is 5.42. The normalized spacial score (nSPS) is 12.4. The number of nitrogens with zero attached hydrogens (tertiary/aromatic N) is 1. The molecule has 6 heteroatoms. The van der Waals surface area contributed by atoms with Crippen molar-refractivity contribution in [3.8, 4) is 11.5 Å². The molecule has 0 fully saturated rings. The molecule has 0 atom stereocenters. The number of nitrogens with one attached hydrogen (secondary N) is 1.